The number of hydrogen-bond donors (Lipinski definition) is 3. The summed E-state index contributed by atoms with van der Waals surface area (Å²) < 4.78 is 61.8. The Hall–Kier alpha value is -2.41. The summed E-state index contributed by atoms with van der Waals surface area (Å²) in [6.45, 7) is -1.37. The minimum atomic E-state index is -4.36. The molecule has 0 spiro atoms. The van der Waals surface area contributed by atoms with Crippen LogP contribution in [0, 0.1) is 0 Å². The lowest BCUT2D eigenvalue weighted by molar-refractivity contribution is -0.194. The van der Waals surface area contributed by atoms with Crippen molar-refractivity contribution in [1.29, 1.82) is 0 Å². The number of para-hydroxylation sites is 1. The van der Waals surface area contributed by atoms with Crippen LogP contribution in [0.1, 0.15) is 11.8 Å². The Morgan fingerprint density at radius 1 is 1.29 bits per heavy atom. The Balaban J connectivity index is 1.58. The van der Waals surface area contributed by atoms with Crippen molar-refractivity contribution in [2.24, 2.45) is 0 Å². The average Bonchev–Trinajstić information content (AvgIpc) is 2.98. The number of nitrogens with zero attached hydrogens (tertiary/aromatic N) is 1. The SMILES string of the molecule is O=c1ccn([C@@H]2O[C@@](COP3(=O)OCc4ccccc4O3)(C(F)F)[C@H](O)[C@H]2O)c(=O)[nH]1. The zero-order valence-corrected chi connectivity index (χ0v) is 16.5. The van der Waals surface area contributed by atoms with Crippen molar-refractivity contribution in [2.45, 2.75) is 37.1 Å². The minimum Gasteiger partial charge on any atom is -0.404 e. The second kappa shape index (κ2) is 7.93. The molecule has 1 unspecified atom stereocenters. The number of ether oxygens (including phenoxy) is 1. The summed E-state index contributed by atoms with van der Waals surface area (Å²) in [7, 11) is -4.36. The number of H-pyrrole nitrogens is 1. The van der Waals surface area contributed by atoms with Gasteiger partial charge >= 0.3 is 13.5 Å². The molecule has 3 N–H and O–H groups in total. The lowest BCUT2D eigenvalue weighted by atomic mass is 9.96. The van der Waals surface area contributed by atoms with E-state index < -0.39 is 56.1 Å². The van der Waals surface area contributed by atoms with Crippen molar-refractivity contribution in [3.05, 3.63) is 62.9 Å². The van der Waals surface area contributed by atoms with Gasteiger partial charge in [0.2, 0.25) is 0 Å². The van der Waals surface area contributed by atoms with E-state index in [0.29, 0.717) is 10.1 Å². The van der Waals surface area contributed by atoms with E-state index in [2.05, 4.69) is 0 Å². The van der Waals surface area contributed by atoms with Gasteiger partial charge in [-0.3, -0.25) is 23.4 Å². The molecule has 3 heterocycles. The summed E-state index contributed by atoms with van der Waals surface area (Å²) in [5.41, 5.74) is -4.13. The molecular formula is C17H17F2N2O9P. The maximum absolute atomic E-state index is 14.0. The third-order valence-corrected chi connectivity index (χ3v) is 6.27. The number of aromatic nitrogens is 2. The average molecular weight is 462 g/mol. The van der Waals surface area contributed by atoms with Gasteiger partial charge in [0, 0.05) is 17.8 Å². The predicted octanol–water partition coefficient (Wildman–Crippen LogP) is 0.525. The first-order chi connectivity index (χ1) is 14.7. The van der Waals surface area contributed by atoms with Crippen LogP contribution in [0.3, 0.4) is 0 Å². The summed E-state index contributed by atoms with van der Waals surface area (Å²) in [5.74, 6) is 0.175. The summed E-state index contributed by atoms with van der Waals surface area (Å²) in [6.07, 6.45) is -8.57. The minimum absolute atomic E-state index is 0.170. The van der Waals surface area contributed by atoms with Gasteiger partial charge in [0.05, 0.1) is 13.2 Å². The Morgan fingerprint density at radius 3 is 2.74 bits per heavy atom. The van der Waals surface area contributed by atoms with Gasteiger partial charge in [-0.2, -0.15) is 0 Å². The molecule has 0 bridgehead atoms. The fourth-order valence-electron chi connectivity index (χ4n) is 3.27. The highest BCUT2D eigenvalue weighted by Gasteiger charge is 2.61. The quantitative estimate of drug-likeness (QED) is 0.541. The molecule has 2 aromatic rings. The number of aromatic amines is 1. The standard InChI is InChI=1S/C17H17F2N2O9P/c18-15(19)17(8-28-31(26)27-7-9-3-1-2-4-10(9)30-31)13(24)12(23)14(29-17)21-6-5-11(22)20-16(21)25/h1-6,12-15,23-24H,7-8H2,(H,20,22,25)/t12-,13-,14-,17-,31?/m1/s1. The van der Waals surface area contributed by atoms with Crippen molar-refractivity contribution in [3.63, 3.8) is 0 Å². The first-order valence-corrected chi connectivity index (χ1v) is 10.4. The Morgan fingerprint density at radius 2 is 2.03 bits per heavy atom. The molecule has 0 saturated carbocycles. The van der Waals surface area contributed by atoms with E-state index in [0.717, 1.165) is 12.3 Å². The normalized spacial score (nSPS) is 32.6. The number of aliphatic hydroxyl groups excluding tert-OH is 2. The molecule has 0 radical (unpaired) electrons. The van der Waals surface area contributed by atoms with Crippen LogP contribution >= 0.6 is 7.82 Å². The molecule has 0 aliphatic carbocycles. The second-order valence-electron chi connectivity index (χ2n) is 6.91. The van der Waals surface area contributed by atoms with E-state index in [4.69, 9.17) is 18.3 Å². The number of halogens is 2. The van der Waals surface area contributed by atoms with Gasteiger partial charge in [-0.05, 0) is 6.07 Å². The molecule has 0 amide bonds. The summed E-state index contributed by atoms with van der Waals surface area (Å²) in [5, 5.41) is 20.6. The van der Waals surface area contributed by atoms with Crippen LogP contribution in [-0.2, 0) is 25.0 Å². The number of fused-ring (bicyclic) bond motifs is 1. The van der Waals surface area contributed by atoms with Crippen LogP contribution in [0.2, 0.25) is 0 Å². The zero-order chi connectivity index (χ0) is 22.4. The molecule has 1 aromatic carbocycles. The van der Waals surface area contributed by atoms with Gasteiger partial charge in [0.1, 0.15) is 18.0 Å². The molecule has 2 aliphatic rings. The van der Waals surface area contributed by atoms with Crippen molar-refractivity contribution in [2.75, 3.05) is 6.61 Å². The summed E-state index contributed by atoms with van der Waals surface area (Å²) in [6, 6.07) is 7.33. The monoisotopic (exact) mass is 462 g/mol. The molecule has 14 heteroatoms. The van der Waals surface area contributed by atoms with Gasteiger partial charge in [0.15, 0.2) is 11.8 Å². The fraction of sp³-hybridized carbons (Fsp3) is 0.412. The van der Waals surface area contributed by atoms with Crippen molar-refractivity contribution >= 4 is 7.82 Å². The molecular weight excluding hydrogens is 445 g/mol. The molecule has 31 heavy (non-hydrogen) atoms. The van der Waals surface area contributed by atoms with Gasteiger partial charge in [-0.1, -0.05) is 18.2 Å². The van der Waals surface area contributed by atoms with E-state index in [-0.39, 0.29) is 12.4 Å². The number of nitrogens with one attached hydrogen (secondary N) is 1. The van der Waals surface area contributed by atoms with Crippen LogP contribution < -0.4 is 15.8 Å². The largest absolute Gasteiger partial charge is 0.530 e. The number of aliphatic hydroxyl groups is 2. The maximum Gasteiger partial charge on any atom is 0.530 e. The molecule has 5 atom stereocenters. The highest BCUT2D eigenvalue weighted by molar-refractivity contribution is 7.49. The number of rotatable bonds is 5. The predicted molar refractivity (Wildman–Crippen MR) is 97.6 cm³/mol. The Labute approximate surface area is 172 Å². The maximum atomic E-state index is 14.0. The summed E-state index contributed by atoms with van der Waals surface area (Å²) in [4.78, 5) is 25.1. The Kier molecular flexibility index (Phi) is 5.58. The lowest BCUT2D eigenvalue weighted by Gasteiger charge is -2.32. The van der Waals surface area contributed by atoms with E-state index in [1.807, 2.05) is 4.98 Å². The van der Waals surface area contributed by atoms with E-state index in [1.165, 1.54) is 6.07 Å². The van der Waals surface area contributed by atoms with Crippen LogP contribution in [0.4, 0.5) is 8.78 Å². The molecule has 1 aromatic heterocycles. The van der Waals surface area contributed by atoms with Crippen LogP contribution in [-0.4, -0.2) is 50.6 Å². The molecule has 1 fully saturated rings. The van der Waals surface area contributed by atoms with Crippen molar-refractivity contribution in [3.8, 4) is 5.75 Å². The van der Waals surface area contributed by atoms with Crippen LogP contribution in [0.25, 0.3) is 0 Å². The Bertz CT molecular complexity index is 1140. The molecule has 2 aliphatic heterocycles. The molecule has 1 saturated heterocycles. The van der Waals surface area contributed by atoms with Crippen LogP contribution in [0.5, 0.6) is 5.75 Å². The lowest BCUT2D eigenvalue weighted by Crippen LogP contribution is -2.52. The van der Waals surface area contributed by atoms with Crippen molar-refractivity contribution < 1.29 is 41.9 Å². The number of phosphoric acid groups is 1. The fourth-order valence-corrected chi connectivity index (χ4v) is 4.53. The molecule has 11 nitrogen and oxygen atoms in total. The number of alkyl halides is 2. The highest BCUT2D eigenvalue weighted by atomic mass is 31.2. The first-order valence-electron chi connectivity index (χ1n) is 8.95. The smallest absolute Gasteiger partial charge is 0.404 e. The van der Waals surface area contributed by atoms with E-state index >= 15 is 0 Å². The van der Waals surface area contributed by atoms with Crippen LogP contribution in [0.15, 0.2) is 46.1 Å². The number of hydrogen-bond acceptors (Lipinski definition) is 9. The van der Waals surface area contributed by atoms with Crippen molar-refractivity contribution in [1.82, 2.24) is 9.55 Å². The number of phosphoric ester groups is 1. The van der Waals surface area contributed by atoms with Gasteiger partial charge < -0.3 is 19.5 Å². The molecule has 168 valence electrons. The second-order valence-corrected chi connectivity index (χ2v) is 8.50. The third-order valence-electron chi connectivity index (χ3n) is 4.96. The number of benzene rings is 1. The highest BCUT2D eigenvalue weighted by Crippen LogP contribution is 2.56. The topological polar surface area (TPSA) is 149 Å². The third kappa shape index (κ3) is 3.84. The first kappa shape index (κ1) is 21.8. The van der Waals surface area contributed by atoms with Gasteiger partial charge in [-0.25, -0.2) is 18.1 Å². The molecule has 4 rings (SSSR count). The summed E-state index contributed by atoms with van der Waals surface area (Å²) >= 11 is 0. The van der Waals surface area contributed by atoms with E-state index in [1.54, 1.807) is 18.2 Å². The van der Waals surface area contributed by atoms with Gasteiger partial charge in [-0.15, -0.1) is 0 Å². The zero-order valence-electron chi connectivity index (χ0n) is 15.6. The van der Waals surface area contributed by atoms with Gasteiger partial charge in [0.25, 0.3) is 12.0 Å². The van der Waals surface area contributed by atoms with E-state index in [9.17, 15) is 33.1 Å².